The number of rotatable bonds is 6. The SMILES string of the molecule is CC(C)Oc1cccc(C(C)NCc2cnn(C)c2)c1. The van der Waals surface area contributed by atoms with Gasteiger partial charge in [0, 0.05) is 31.4 Å². The van der Waals surface area contributed by atoms with Crippen molar-refractivity contribution in [2.45, 2.75) is 39.5 Å². The summed E-state index contributed by atoms with van der Waals surface area (Å²) in [5, 5.41) is 7.67. The maximum absolute atomic E-state index is 5.73. The van der Waals surface area contributed by atoms with Crippen molar-refractivity contribution in [2.24, 2.45) is 7.05 Å². The van der Waals surface area contributed by atoms with Gasteiger partial charge in [0.2, 0.25) is 0 Å². The van der Waals surface area contributed by atoms with Gasteiger partial charge in [-0.05, 0) is 38.5 Å². The average molecular weight is 273 g/mol. The maximum Gasteiger partial charge on any atom is 0.120 e. The zero-order valence-electron chi connectivity index (χ0n) is 12.6. The van der Waals surface area contributed by atoms with Gasteiger partial charge in [-0.25, -0.2) is 0 Å². The van der Waals surface area contributed by atoms with Crippen molar-refractivity contribution in [3.05, 3.63) is 47.8 Å². The number of nitrogens with one attached hydrogen (secondary N) is 1. The van der Waals surface area contributed by atoms with Crippen LogP contribution in [0.5, 0.6) is 5.75 Å². The Morgan fingerprint density at radius 1 is 1.30 bits per heavy atom. The van der Waals surface area contributed by atoms with Crippen LogP contribution in [0.3, 0.4) is 0 Å². The maximum atomic E-state index is 5.73. The number of aryl methyl sites for hydroxylation is 1. The minimum absolute atomic E-state index is 0.198. The number of benzene rings is 1. The van der Waals surface area contributed by atoms with Gasteiger partial charge in [-0.3, -0.25) is 4.68 Å². The van der Waals surface area contributed by atoms with Crippen molar-refractivity contribution in [1.82, 2.24) is 15.1 Å². The highest BCUT2D eigenvalue weighted by Crippen LogP contribution is 2.20. The van der Waals surface area contributed by atoms with Gasteiger partial charge in [0.15, 0.2) is 0 Å². The zero-order valence-corrected chi connectivity index (χ0v) is 12.6. The van der Waals surface area contributed by atoms with Gasteiger partial charge in [0.25, 0.3) is 0 Å². The molecule has 0 aliphatic rings. The first-order valence-corrected chi connectivity index (χ1v) is 7.02. The Bertz CT molecular complexity index is 548. The van der Waals surface area contributed by atoms with E-state index in [4.69, 9.17) is 4.74 Å². The molecular weight excluding hydrogens is 250 g/mol. The van der Waals surface area contributed by atoms with Gasteiger partial charge in [0.05, 0.1) is 12.3 Å². The topological polar surface area (TPSA) is 39.1 Å². The summed E-state index contributed by atoms with van der Waals surface area (Å²) in [6, 6.07) is 8.52. The summed E-state index contributed by atoms with van der Waals surface area (Å²) in [7, 11) is 1.93. The van der Waals surface area contributed by atoms with Crippen LogP contribution < -0.4 is 10.1 Å². The van der Waals surface area contributed by atoms with E-state index in [9.17, 15) is 0 Å². The highest BCUT2D eigenvalue weighted by Gasteiger charge is 2.07. The molecule has 4 nitrogen and oxygen atoms in total. The predicted molar refractivity (Wildman–Crippen MR) is 80.7 cm³/mol. The van der Waals surface area contributed by atoms with Crippen LogP contribution in [0.15, 0.2) is 36.7 Å². The fourth-order valence-corrected chi connectivity index (χ4v) is 2.08. The van der Waals surface area contributed by atoms with Gasteiger partial charge in [0.1, 0.15) is 5.75 Å². The van der Waals surface area contributed by atoms with Crippen LogP contribution in [0.4, 0.5) is 0 Å². The minimum Gasteiger partial charge on any atom is -0.491 e. The summed E-state index contributed by atoms with van der Waals surface area (Å²) in [5.41, 5.74) is 2.42. The second-order valence-corrected chi connectivity index (χ2v) is 5.36. The summed E-state index contributed by atoms with van der Waals surface area (Å²) in [6.45, 7) is 7.04. The van der Waals surface area contributed by atoms with E-state index in [-0.39, 0.29) is 12.1 Å². The van der Waals surface area contributed by atoms with Crippen LogP contribution in [0.1, 0.15) is 37.9 Å². The van der Waals surface area contributed by atoms with Crippen LogP contribution >= 0.6 is 0 Å². The molecule has 1 heterocycles. The standard InChI is InChI=1S/C16H23N3O/c1-12(2)20-16-7-5-6-15(8-16)13(3)17-9-14-10-18-19(4)11-14/h5-8,10-13,17H,9H2,1-4H3. The van der Waals surface area contributed by atoms with Crippen LogP contribution in [0.2, 0.25) is 0 Å². The Kier molecular flexibility index (Phi) is 4.79. The Morgan fingerprint density at radius 2 is 2.10 bits per heavy atom. The molecule has 0 aliphatic carbocycles. The highest BCUT2D eigenvalue weighted by molar-refractivity contribution is 5.30. The van der Waals surface area contributed by atoms with E-state index >= 15 is 0 Å². The molecule has 4 heteroatoms. The number of nitrogens with zero attached hydrogens (tertiary/aromatic N) is 2. The molecule has 0 fully saturated rings. The fraction of sp³-hybridized carbons (Fsp3) is 0.438. The molecule has 0 spiro atoms. The van der Waals surface area contributed by atoms with E-state index in [0.29, 0.717) is 0 Å². The lowest BCUT2D eigenvalue weighted by atomic mass is 10.1. The lowest BCUT2D eigenvalue weighted by Crippen LogP contribution is -2.18. The summed E-state index contributed by atoms with van der Waals surface area (Å²) >= 11 is 0. The second-order valence-electron chi connectivity index (χ2n) is 5.36. The smallest absolute Gasteiger partial charge is 0.120 e. The molecule has 1 aromatic heterocycles. The molecule has 0 radical (unpaired) electrons. The van der Waals surface area contributed by atoms with E-state index in [1.807, 2.05) is 50.1 Å². The quantitative estimate of drug-likeness (QED) is 0.879. The Hall–Kier alpha value is -1.81. The fourth-order valence-electron chi connectivity index (χ4n) is 2.08. The first-order chi connectivity index (χ1) is 9.54. The molecular formula is C16H23N3O. The monoisotopic (exact) mass is 273 g/mol. The van der Waals surface area contributed by atoms with Crippen LogP contribution in [-0.4, -0.2) is 15.9 Å². The van der Waals surface area contributed by atoms with Gasteiger partial charge in [-0.15, -0.1) is 0 Å². The minimum atomic E-state index is 0.198. The largest absolute Gasteiger partial charge is 0.491 e. The average Bonchev–Trinajstić information content (AvgIpc) is 2.81. The second kappa shape index (κ2) is 6.57. The molecule has 0 amide bonds. The highest BCUT2D eigenvalue weighted by atomic mass is 16.5. The molecule has 1 atom stereocenters. The molecule has 0 bridgehead atoms. The molecule has 0 saturated carbocycles. The van der Waals surface area contributed by atoms with Crippen molar-refractivity contribution < 1.29 is 4.74 Å². The van der Waals surface area contributed by atoms with Crippen molar-refractivity contribution in [2.75, 3.05) is 0 Å². The third kappa shape index (κ3) is 4.10. The third-order valence-corrected chi connectivity index (χ3v) is 3.10. The number of ether oxygens (including phenoxy) is 1. The van der Waals surface area contributed by atoms with Gasteiger partial charge in [-0.2, -0.15) is 5.10 Å². The first kappa shape index (κ1) is 14.6. The number of hydrogen-bond acceptors (Lipinski definition) is 3. The Morgan fingerprint density at radius 3 is 2.75 bits per heavy atom. The van der Waals surface area contributed by atoms with Crippen LogP contribution in [0.25, 0.3) is 0 Å². The van der Waals surface area contributed by atoms with E-state index in [0.717, 1.165) is 12.3 Å². The molecule has 108 valence electrons. The number of aromatic nitrogens is 2. The molecule has 1 aromatic carbocycles. The lowest BCUT2D eigenvalue weighted by Gasteiger charge is -2.16. The molecule has 2 aromatic rings. The predicted octanol–water partition coefficient (Wildman–Crippen LogP) is 3.06. The van der Waals surface area contributed by atoms with Crippen molar-refractivity contribution in [3.63, 3.8) is 0 Å². The van der Waals surface area contributed by atoms with E-state index < -0.39 is 0 Å². The van der Waals surface area contributed by atoms with E-state index in [2.05, 4.69) is 29.5 Å². The third-order valence-electron chi connectivity index (χ3n) is 3.10. The lowest BCUT2D eigenvalue weighted by molar-refractivity contribution is 0.242. The molecule has 0 saturated heterocycles. The first-order valence-electron chi connectivity index (χ1n) is 7.02. The molecule has 1 N–H and O–H groups in total. The van der Waals surface area contributed by atoms with Crippen molar-refractivity contribution in [1.29, 1.82) is 0 Å². The van der Waals surface area contributed by atoms with Crippen molar-refractivity contribution in [3.8, 4) is 5.75 Å². The zero-order chi connectivity index (χ0) is 14.5. The van der Waals surface area contributed by atoms with Gasteiger partial charge < -0.3 is 10.1 Å². The van der Waals surface area contributed by atoms with E-state index in [1.54, 1.807) is 0 Å². The molecule has 0 aliphatic heterocycles. The van der Waals surface area contributed by atoms with Crippen LogP contribution in [-0.2, 0) is 13.6 Å². The normalized spacial score (nSPS) is 12.7. The van der Waals surface area contributed by atoms with Gasteiger partial charge >= 0.3 is 0 Å². The molecule has 2 rings (SSSR count). The number of hydrogen-bond donors (Lipinski definition) is 1. The summed E-state index contributed by atoms with van der Waals surface area (Å²) < 4.78 is 7.55. The molecule has 1 unspecified atom stereocenters. The van der Waals surface area contributed by atoms with Gasteiger partial charge in [-0.1, -0.05) is 12.1 Å². The molecule has 20 heavy (non-hydrogen) atoms. The van der Waals surface area contributed by atoms with Crippen molar-refractivity contribution >= 4 is 0 Å². The van der Waals surface area contributed by atoms with E-state index in [1.165, 1.54) is 11.1 Å². The Labute approximate surface area is 120 Å². The summed E-state index contributed by atoms with van der Waals surface area (Å²) in [5.74, 6) is 0.924. The Balaban J connectivity index is 1.96. The summed E-state index contributed by atoms with van der Waals surface area (Å²) in [4.78, 5) is 0. The van der Waals surface area contributed by atoms with Crippen LogP contribution in [0, 0.1) is 0 Å². The summed E-state index contributed by atoms with van der Waals surface area (Å²) in [6.07, 6.45) is 4.11.